The molecule has 8 aromatic rings. The van der Waals surface area contributed by atoms with E-state index in [4.69, 9.17) is 41.9 Å². The van der Waals surface area contributed by atoms with Gasteiger partial charge in [-0.15, -0.1) is 0 Å². The molecular formula is C50H44N4O4. The Balaban J connectivity index is 0.000000177. The highest BCUT2D eigenvalue weighted by Gasteiger charge is 2.05. The number of hydrogen-bond donors (Lipinski definition) is 4. The number of nitrogen functional groups attached to an aromatic ring is 4. The van der Waals surface area contributed by atoms with Gasteiger partial charge >= 0.3 is 0 Å². The molecule has 0 atom stereocenters. The molecule has 58 heavy (non-hydrogen) atoms. The summed E-state index contributed by atoms with van der Waals surface area (Å²) in [7, 11) is 0. The Labute approximate surface area is 338 Å². The molecule has 8 rings (SSSR count). The summed E-state index contributed by atoms with van der Waals surface area (Å²) in [5.41, 5.74) is 30.5. The van der Waals surface area contributed by atoms with Crippen LogP contribution in [0.15, 0.2) is 194 Å². The molecule has 0 aliphatic rings. The molecule has 0 unspecified atom stereocenters. The van der Waals surface area contributed by atoms with Crippen molar-refractivity contribution in [1.29, 1.82) is 0 Å². The van der Waals surface area contributed by atoms with Gasteiger partial charge in [0.1, 0.15) is 46.0 Å². The summed E-state index contributed by atoms with van der Waals surface area (Å²) < 4.78 is 23.5. The van der Waals surface area contributed by atoms with Gasteiger partial charge in [0.05, 0.1) is 0 Å². The molecule has 0 spiro atoms. The number of rotatable bonds is 12. The lowest BCUT2D eigenvalue weighted by atomic mass is 10.0. The van der Waals surface area contributed by atoms with Crippen molar-refractivity contribution in [1.82, 2.24) is 0 Å². The van der Waals surface area contributed by atoms with Crippen LogP contribution in [-0.2, 0) is 12.8 Å². The number of benzene rings is 8. The van der Waals surface area contributed by atoms with E-state index in [0.29, 0.717) is 22.7 Å². The van der Waals surface area contributed by atoms with Crippen LogP contribution in [0, 0.1) is 0 Å². The van der Waals surface area contributed by atoms with Crippen LogP contribution >= 0.6 is 0 Å². The maximum Gasteiger partial charge on any atom is 0.129 e. The highest BCUT2D eigenvalue weighted by molar-refractivity contribution is 5.48. The predicted molar refractivity (Wildman–Crippen MR) is 235 cm³/mol. The lowest BCUT2D eigenvalue weighted by molar-refractivity contribution is 0.481. The first-order valence-corrected chi connectivity index (χ1v) is 18.8. The number of anilines is 4. The van der Waals surface area contributed by atoms with Gasteiger partial charge in [0.15, 0.2) is 0 Å². The quantitative estimate of drug-likeness (QED) is 0.0901. The van der Waals surface area contributed by atoms with E-state index in [1.54, 1.807) is 12.1 Å². The van der Waals surface area contributed by atoms with Crippen molar-refractivity contribution in [3.05, 3.63) is 216 Å². The smallest absolute Gasteiger partial charge is 0.129 e. The normalized spacial score (nSPS) is 10.5. The Kier molecular flexibility index (Phi) is 12.4. The maximum absolute atomic E-state index is 5.93. The Morgan fingerprint density at radius 1 is 0.241 bits per heavy atom. The molecule has 0 aromatic heterocycles. The molecule has 0 aliphatic heterocycles. The van der Waals surface area contributed by atoms with Crippen LogP contribution < -0.4 is 41.9 Å². The molecule has 288 valence electrons. The second kappa shape index (κ2) is 18.7. The fourth-order valence-electron chi connectivity index (χ4n) is 6.03. The van der Waals surface area contributed by atoms with E-state index in [1.165, 1.54) is 11.1 Å². The Morgan fingerprint density at radius 2 is 0.534 bits per heavy atom. The summed E-state index contributed by atoms with van der Waals surface area (Å²) in [5.74, 6) is 6.13. The van der Waals surface area contributed by atoms with Crippen molar-refractivity contribution in [3.63, 3.8) is 0 Å². The zero-order valence-corrected chi connectivity index (χ0v) is 31.8. The van der Waals surface area contributed by atoms with E-state index in [9.17, 15) is 0 Å². The summed E-state index contributed by atoms with van der Waals surface area (Å²) in [6.07, 6.45) is 1.61. The van der Waals surface area contributed by atoms with Gasteiger partial charge in [-0.2, -0.15) is 0 Å². The Hall–Kier alpha value is -7.84. The third kappa shape index (κ3) is 11.6. The molecule has 8 aromatic carbocycles. The number of ether oxygens (including phenoxy) is 4. The van der Waals surface area contributed by atoms with E-state index in [-0.39, 0.29) is 0 Å². The molecule has 0 aliphatic carbocycles. The molecule has 0 saturated carbocycles. The largest absolute Gasteiger partial charge is 0.457 e. The van der Waals surface area contributed by atoms with Crippen molar-refractivity contribution in [2.24, 2.45) is 0 Å². The zero-order valence-electron chi connectivity index (χ0n) is 31.8. The molecule has 8 N–H and O–H groups in total. The van der Waals surface area contributed by atoms with E-state index in [1.807, 2.05) is 146 Å². The van der Waals surface area contributed by atoms with Crippen LogP contribution in [0.1, 0.15) is 22.3 Å². The molecule has 8 heteroatoms. The van der Waals surface area contributed by atoms with Gasteiger partial charge in [-0.05, 0) is 156 Å². The van der Waals surface area contributed by atoms with Crippen LogP contribution in [0.2, 0.25) is 0 Å². The standard InChI is InChI=1S/2C25H22N2O2/c26-20-3-1-5-24(16-20)28-22-11-7-18(8-12-22)15-19-9-13-23(14-10-19)29-25-6-2-4-21(27)17-25;26-20-7-11-22(12-8-20)28-24-5-1-3-18(16-24)15-19-4-2-6-25(17-19)29-23-13-9-21(27)10-14-23/h2*1-14,16-17H,15,26-27H2. The van der Waals surface area contributed by atoms with Gasteiger partial charge in [-0.25, -0.2) is 0 Å². The van der Waals surface area contributed by atoms with Crippen molar-refractivity contribution >= 4 is 22.7 Å². The minimum absolute atomic E-state index is 0.683. The van der Waals surface area contributed by atoms with Gasteiger partial charge in [0.25, 0.3) is 0 Å². The Bertz CT molecular complexity index is 2360. The fourth-order valence-corrected chi connectivity index (χ4v) is 6.03. The SMILES string of the molecule is Nc1ccc(Oc2cccc(Cc3cccc(Oc4ccc(N)cc4)c3)c2)cc1.Nc1cccc(Oc2ccc(Cc3ccc(Oc4cccc(N)c4)cc3)cc2)c1. The van der Waals surface area contributed by atoms with Crippen LogP contribution in [0.5, 0.6) is 46.0 Å². The van der Waals surface area contributed by atoms with Crippen molar-refractivity contribution < 1.29 is 18.9 Å². The first-order chi connectivity index (χ1) is 28.3. The topological polar surface area (TPSA) is 141 Å². The van der Waals surface area contributed by atoms with Crippen molar-refractivity contribution in [3.8, 4) is 46.0 Å². The summed E-state index contributed by atoms with van der Waals surface area (Å²) >= 11 is 0. The highest BCUT2D eigenvalue weighted by Crippen LogP contribution is 2.28. The summed E-state index contributed by atoms with van der Waals surface area (Å²) in [6, 6.07) is 61.8. The van der Waals surface area contributed by atoms with Gasteiger partial charge in [0, 0.05) is 34.9 Å². The second-order valence-corrected chi connectivity index (χ2v) is 13.6. The maximum atomic E-state index is 5.93. The number of nitrogens with two attached hydrogens (primary N) is 4. The summed E-state index contributed by atoms with van der Waals surface area (Å²) in [6.45, 7) is 0. The first kappa shape index (κ1) is 38.4. The molecular weight excluding hydrogens is 721 g/mol. The Morgan fingerprint density at radius 3 is 0.879 bits per heavy atom. The zero-order chi connectivity index (χ0) is 40.1. The monoisotopic (exact) mass is 764 g/mol. The summed E-state index contributed by atoms with van der Waals surface area (Å²) in [4.78, 5) is 0. The van der Waals surface area contributed by atoms with Gasteiger partial charge in [-0.3, -0.25) is 0 Å². The third-order valence-electron chi connectivity index (χ3n) is 8.88. The van der Waals surface area contributed by atoms with Gasteiger partial charge in [-0.1, -0.05) is 60.7 Å². The van der Waals surface area contributed by atoms with E-state index >= 15 is 0 Å². The molecule has 0 heterocycles. The average Bonchev–Trinajstić information content (AvgIpc) is 3.22. The molecule has 0 bridgehead atoms. The van der Waals surface area contributed by atoms with Crippen LogP contribution in [0.3, 0.4) is 0 Å². The average molecular weight is 765 g/mol. The second-order valence-electron chi connectivity index (χ2n) is 13.6. The predicted octanol–water partition coefficient (Wildman–Crippen LogP) is 12.1. The first-order valence-electron chi connectivity index (χ1n) is 18.8. The van der Waals surface area contributed by atoms with E-state index in [2.05, 4.69) is 36.4 Å². The molecule has 0 radical (unpaired) electrons. The van der Waals surface area contributed by atoms with E-state index in [0.717, 1.165) is 70.0 Å². The van der Waals surface area contributed by atoms with Crippen molar-refractivity contribution in [2.75, 3.05) is 22.9 Å². The number of hydrogen-bond acceptors (Lipinski definition) is 8. The lowest BCUT2D eigenvalue weighted by Gasteiger charge is -2.10. The minimum Gasteiger partial charge on any atom is -0.457 e. The van der Waals surface area contributed by atoms with Gasteiger partial charge in [0.2, 0.25) is 0 Å². The minimum atomic E-state index is 0.683. The van der Waals surface area contributed by atoms with Crippen molar-refractivity contribution in [2.45, 2.75) is 12.8 Å². The van der Waals surface area contributed by atoms with Crippen LogP contribution in [0.4, 0.5) is 22.7 Å². The third-order valence-corrected chi connectivity index (χ3v) is 8.88. The molecule has 0 fully saturated rings. The molecule has 8 nitrogen and oxygen atoms in total. The van der Waals surface area contributed by atoms with Crippen LogP contribution in [-0.4, -0.2) is 0 Å². The highest BCUT2D eigenvalue weighted by atomic mass is 16.5. The summed E-state index contributed by atoms with van der Waals surface area (Å²) in [5, 5.41) is 0. The van der Waals surface area contributed by atoms with E-state index < -0.39 is 0 Å². The lowest BCUT2D eigenvalue weighted by Crippen LogP contribution is -1.92. The van der Waals surface area contributed by atoms with Gasteiger partial charge < -0.3 is 41.9 Å². The fraction of sp³-hybridized carbons (Fsp3) is 0.0400. The molecule has 0 saturated heterocycles. The molecule has 0 amide bonds. The van der Waals surface area contributed by atoms with Crippen LogP contribution in [0.25, 0.3) is 0 Å².